The van der Waals surface area contributed by atoms with Crippen LogP contribution in [0.5, 0.6) is 0 Å². The number of ether oxygens (including phenoxy) is 1. The number of carbonyl (C=O) groups is 2. The van der Waals surface area contributed by atoms with Crippen molar-refractivity contribution in [2.45, 2.75) is 58.3 Å². The number of carbonyl (C=O) groups excluding carboxylic acids is 2. The lowest BCUT2D eigenvalue weighted by Crippen LogP contribution is -2.47. The van der Waals surface area contributed by atoms with Gasteiger partial charge in [0.05, 0.1) is 0 Å². The third-order valence-corrected chi connectivity index (χ3v) is 4.21. The second-order valence-electron chi connectivity index (χ2n) is 7.62. The average Bonchev–Trinajstić information content (AvgIpc) is 2.57. The van der Waals surface area contributed by atoms with Crippen molar-refractivity contribution in [3.63, 3.8) is 0 Å². The predicted octanol–water partition coefficient (Wildman–Crippen LogP) is 2.34. The van der Waals surface area contributed by atoms with Gasteiger partial charge in [-0.2, -0.15) is 0 Å². The molecule has 1 aromatic carbocycles. The van der Waals surface area contributed by atoms with Gasteiger partial charge in [0.2, 0.25) is 0 Å². The van der Waals surface area contributed by atoms with E-state index in [1.165, 1.54) is 0 Å². The number of primary amides is 1. The number of alkyl carbamates (subject to hydrolysis) is 1. The fraction of sp³-hybridized carbons (Fsp3) is 0.579. The van der Waals surface area contributed by atoms with Gasteiger partial charge in [0.1, 0.15) is 5.60 Å². The van der Waals surface area contributed by atoms with Crippen LogP contribution in [0.3, 0.4) is 0 Å². The van der Waals surface area contributed by atoms with Crippen LogP contribution in [0.2, 0.25) is 0 Å². The second-order valence-corrected chi connectivity index (χ2v) is 7.62. The Morgan fingerprint density at radius 1 is 1.27 bits per heavy atom. The van der Waals surface area contributed by atoms with Crippen LogP contribution >= 0.6 is 0 Å². The summed E-state index contributed by atoms with van der Waals surface area (Å²) >= 11 is 0. The van der Waals surface area contributed by atoms with Crippen LogP contribution < -0.4 is 16.4 Å². The third-order valence-electron chi connectivity index (χ3n) is 4.21. The minimum Gasteiger partial charge on any atom is -0.444 e. The molecule has 7 nitrogen and oxygen atoms in total. The Morgan fingerprint density at radius 3 is 2.54 bits per heavy atom. The van der Waals surface area contributed by atoms with E-state index >= 15 is 0 Å². The number of rotatable bonds is 5. The maximum absolute atomic E-state index is 11.9. The molecule has 3 amide bonds. The summed E-state index contributed by atoms with van der Waals surface area (Å²) in [6.07, 6.45) is 1.36. The number of nitrogens with zero attached hydrogens (tertiary/aromatic N) is 1. The van der Waals surface area contributed by atoms with E-state index in [2.05, 4.69) is 10.6 Å². The highest BCUT2D eigenvalue weighted by Crippen LogP contribution is 2.16. The molecule has 1 aliphatic rings. The molecule has 26 heavy (non-hydrogen) atoms. The standard InChI is InChI=1S/C19H30N4O3/c1-19(2,3)26-18(25)22-12-14-5-4-6-15(11-14)13-23(17(20)24)16-7-9-21-10-8-16/h4-6,11,16,21H,7-10,12-13H2,1-3H3,(H2,20,24)(H,22,25). The summed E-state index contributed by atoms with van der Waals surface area (Å²) < 4.78 is 5.24. The number of nitrogens with one attached hydrogen (secondary N) is 2. The Labute approximate surface area is 155 Å². The summed E-state index contributed by atoms with van der Waals surface area (Å²) in [6, 6.07) is 7.57. The zero-order chi connectivity index (χ0) is 19.2. The largest absolute Gasteiger partial charge is 0.444 e. The van der Waals surface area contributed by atoms with Gasteiger partial charge in [-0.25, -0.2) is 9.59 Å². The van der Waals surface area contributed by atoms with Gasteiger partial charge in [0.15, 0.2) is 0 Å². The molecule has 0 unspecified atom stereocenters. The maximum Gasteiger partial charge on any atom is 0.407 e. The highest BCUT2D eigenvalue weighted by atomic mass is 16.6. The zero-order valence-electron chi connectivity index (χ0n) is 15.9. The molecular weight excluding hydrogens is 332 g/mol. The van der Waals surface area contributed by atoms with Crippen LogP contribution in [0.4, 0.5) is 9.59 Å². The molecule has 1 aromatic rings. The van der Waals surface area contributed by atoms with Gasteiger partial charge >= 0.3 is 12.1 Å². The Balaban J connectivity index is 1.96. The maximum atomic E-state index is 11.9. The third kappa shape index (κ3) is 6.55. The second kappa shape index (κ2) is 8.89. The number of piperidine rings is 1. The number of urea groups is 1. The predicted molar refractivity (Wildman–Crippen MR) is 101 cm³/mol. The molecule has 2 rings (SSSR count). The number of hydrogen-bond donors (Lipinski definition) is 3. The van der Waals surface area contributed by atoms with Crippen LogP contribution in [-0.2, 0) is 17.8 Å². The minimum absolute atomic E-state index is 0.164. The van der Waals surface area contributed by atoms with Crippen LogP contribution in [0.25, 0.3) is 0 Å². The molecule has 1 heterocycles. The Morgan fingerprint density at radius 2 is 1.92 bits per heavy atom. The summed E-state index contributed by atoms with van der Waals surface area (Å²) in [5.41, 5.74) is 7.02. The van der Waals surface area contributed by atoms with Crippen molar-refractivity contribution in [1.82, 2.24) is 15.5 Å². The van der Waals surface area contributed by atoms with E-state index in [4.69, 9.17) is 10.5 Å². The SMILES string of the molecule is CC(C)(C)OC(=O)NCc1cccc(CN(C(N)=O)C2CCNCC2)c1. The quantitative estimate of drug-likeness (QED) is 0.749. The van der Waals surface area contributed by atoms with Crippen molar-refractivity contribution in [1.29, 1.82) is 0 Å². The average molecular weight is 362 g/mol. The first-order chi connectivity index (χ1) is 12.2. The monoisotopic (exact) mass is 362 g/mol. The van der Waals surface area contributed by atoms with Crippen molar-refractivity contribution in [2.75, 3.05) is 13.1 Å². The van der Waals surface area contributed by atoms with Gasteiger partial charge in [-0.1, -0.05) is 24.3 Å². The van der Waals surface area contributed by atoms with Crippen LogP contribution in [0, 0.1) is 0 Å². The van der Waals surface area contributed by atoms with Gasteiger partial charge in [-0.3, -0.25) is 0 Å². The molecule has 1 fully saturated rings. The highest BCUT2D eigenvalue weighted by molar-refractivity contribution is 5.72. The smallest absolute Gasteiger partial charge is 0.407 e. The van der Waals surface area contributed by atoms with Crippen molar-refractivity contribution in [2.24, 2.45) is 5.73 Å². The number of hydrogen-bond acceptors (Lipinski definition) is 4. The van der Waals surface area contributed by atoms with E-state index < -0.39 is 17.7 Å². The van der Waals surface area contributed by atoms with Crippen molar-refractivity contribution < 1.29 is 14.3 Å². The molecule has 0 bridgehead atoms. The number of amides is 3. The molecular formula is C19H30N4O3. The summed E-state index contributed by atoms with van der Waals surface area (Å²) in [7, 11) is 0. The van der Waals surface area contributed by atoms with Crippen molar-refractivity contribution in [3.05, 3.63) is 35.4 Å². The lowest BCUT2D eigenvalue weighted by molar-refractivity contribution is 0.0523. The highest BCUT2D eigenvalue weighted by Gasteiger charge is 2.23. The molecule has 0 spiro atoms. The molecule has 0 aromatic heterocycles. The van der Waals surface area contributed by atoms with Gasteiger partial charge < -0.3 is 26.0 Å². The minimum atomic E-state index is -0.525. The number of nitrogens with two attached hydrogens (primary N) is 1. The van der Waals surface area contributed by atoms with Crippen molar-refractivity contribution in [3.8, 4) is 0 Å². The van der Waals surface area contributed by atoms with Crippen LogP contribution in [0.1, 0.15) is 44.7 Å². The lowest BCUT2D eigenvalue weighted by atomic mass is 10.0. The molecule has 144 valence electrons. The van der Waals surface area contributed by atoms with Crippen molar-refractivity contribution >= 4 is 12.1 Å². The molecule has 7 heteroatoms. The zero-order valence-corrected chi connectivity index (χ0v) is 15.9. The van der Waals surface area contributed by atoms with Crippen LogP contribution in [-0.4, -0.2) is 41.8 Å². The first-order valence-electron chi connectivity index (χ1n) is 9.06. The van der Waals surface area contributed by atoms with E-state index in [1.807, 2.05) is 45.0 Å². The first kappa shape index (κ1) is 20.0. The fourth-order valence-electron chi connectivity index (χ4n) is 3.03. The van der Waals surface area contributed by atoms with Gasteiger partial charge in [-0.05, 0) is 57.8 Å². The molecule has 1 aliphatic heterocycles. The van der Waals surface area contributed by atoms with E-state index in [0.717, 1.165) is 37.1 Å². The van der Waals surface area contributed by atoms with Gasteiger partial charge in [0.25, 0.3) is 0 Å². The van der Waals surface area contributed by atoms with Gasteiger partial charge in [-0.15, -0.1) is 0 Å². The Hall–Kier alpha value is -2.28. The molecule has 0 radical (unpaired) electrons. The summed E-state index contributed by atoms with van der Waals surface area (Å²) in [6.45, 7) is 8.11. The van der Waals surface area contributed by atoms with E-state index in [9.17, 15) is 9.59 Å². The topological polar surface area (TPSA) is 96.7 Å². The van der Waals surface area contributed by atoms with E-state index in [0.29, 0.717) is 13.1 Å². The Kier molecular flexibility index (Phi) is 6.85. The molecule has 1 saturated heterocycles. The van der Waals surface area contributed by atoms with E-state index in [1.54, 1.807) is 4.90 Å². The lowest BCUT2D eigenvalue weighted by Gasteiger charge is -2.33. The van der Waals surface area contributed by atoms with E-state index in [-0.39, 0.29) is 6.04 Å². The summed E-state index contributed by atoms with van der Waals surface area (Å²) in [5, 5.41) is 6.04. The molecule has 0 aliphatic carbocycles. The van der Waals surface area contributed by atoms with Crippen LogP contribution in [0.15, 0.2) is 24.3 Å². The van der Waals surface area contributed by atoms with Gasteiger partial charge in [0, 0.05) is 19.1 Å². The molecule has 0 saturated carbocycles. The molecule has 4 N–H and O–H groups in total. The first-order valence-corrected chi connectivity index (χ1v) is 9.06. The fourth-order valence-corrected chi connectivity index (χ4v) is 3.03. The normalized spacial score (nSPS) is 15.3. The number of benzene rings is 1. The summed E-state index contributed by atoms with van der Waals surface area (Å²) in [5.74, 6) is 0. The molecule has 0 atom stereocenters. The Bertz CT molecular complexity index is 621. The summed E-state index contributed by atoms with van der Waals surface area (Å²) in [4.78, 5) is 25.4.